The van der Waals surface area contributed by atoms with Crippen molar-refractivity contribution >= 4 is 11.7 Å². The third-order valence-electron chi connectivity index (χ3n) is 2.79. The molecule has 2 rings (SSSR count). The van der Waals surface area contributed by atoms with Gasteiger partial charge in [0.15, 0.2) is 0 Å². The van der Waals surface area contributed by atoms with Gasteiger partial charge in [-0.3, -0.25) is 0 Å². The number of carbonyl (C=O) groups excluding carboxylic acids is 1. The second-order valence-electron chi connectivity index (χ2n) is 4.21. The van der Waals surface area contributed by atoms with Crippen LogP contribution in [-0.4, -0.2) is 6.03 Å². The van der Waals surface area contributed by atoms with Gasteiger partial charge in [0.05, 0.1) is 0 Å². The smallest absolute Gasteiger partial charge is 0.319 e. The maximum Gasteiger partial charge on any atom is 0.319 e. The van der Waals surface area contributed by atoms with Gasteiger partial charge in [0, 0.05) is 17.8 Å². The van der Waals surface area contributed by atoms with Gasteiger partial charge in [0.2, 0.25) is 0 Å². The van der Waals surface area contributed by atoms with E-state index in [4.69, 9.17) is 0 Å². The first-order chi connectivity index (χ1) is 9.16. The summed E-state index contributed by atoms with van der Waals surface area (Å²) in [6, 6.07) is 13.5. The van der Waals surface area contributed by atoms with Crippen LogP contribution in [0.2, 0.25) is 0 Å². The minimum atomic E-state index is -0.349. The van der Waals surface area contributed by atoms with Crippen LogP contribution >= 0.6 is 0 Å². The molecule has 0 saturated carbocycles. The number of nitrogens with one attached hydrogen (secondary N) is 2. The normalized spacial score (nSPS) is 10.0. The van der Waals surface area contributed by atoms with Crippen LogP contribution in [0.25, 0.3) is 0 Å². The second kappa shape index (κ2) is 6.00. The number of amides is 2. The first kappa shape index (κ1) is 13.1. The molecule has 19 heavy (non-hydrogen) atoms. The Kier molecular flexibility index (Phi) is 4.13. The maximum atomic E-state index is 13.4. The van der Waals surface area contributed by atoms with Crippen molar-refractivity contribution in [2.75, 3.05) is 5.32 Å². The van der Waals surface area contributed by atoms with Crippen molar-refractivity contribution in [3.8, 4) is 0 Å². The van der Waals surface area contributed by atoms with E-state index >= 15 is 0 Å². The molecule has 0 bridgehead atoms. The summed E-state index contributed by atoms with van der Waals surface area (Å²) < 4.78 is 13.4. The van der Waals surface area contributed by atoms with Gasteiger partial charge in [0.25, 0.3) is 0 Å². The molecule has 3 nitrogen and oxygen atoms in total. The van der Waals surface area contributed by atoms with Gasteiger partial charge >= 0.3 is 6.03 Å². The van der Waals surface area contributed by atoms with E-state index in [9.17, 15) is 9.18 Å². The van der Waals surface area contributed by atoms with Crippen LogP contribution in [-0.2, 0) is 6.54 Å². The van der Waals surface area contributed by atoms with Crippen molar-refractivity contribution in [1.82, 2.24) is 5.32 Å². The summed E-state index contributed by atoms with van der Waals surface area (Å²) in [6.45, 7) is 2.07. The van der Waals surface area contributed by atoms with E-state index in [0.29, 0.717) is 5.56 Å². The van der Waals surface area contributed by atoms with E-state index in [2.05, 4.69) is 10.6 Å². The Labute approximate surface area is 111 Å². The Balaban J connectivity index is 1.92. The minimum Gasteiger partial charge on any atom is -0.334 e. The van der Waals surface area contributed by atoms with Crippen LogP contribution in [0, 0.1) is 12.7 Å². The number of hydrogen-bond acceptors (Lipinski definition) is 1. The Morgan fingerprint density at radius 2 is 1.79 bits per heavy atom. The Bertz CT molecular complexity index is 584. The number of halogens is 1. The van der Waals surface area contributed by atoms with Crippen molar-refractivity contribution < 1.29 is 9.18 Å². The third-order valence-corrected chi connectivity index (χ3v) is 2.79. The minimum absolute atomic E-state index is 0.157. The average Bonchev–Trinajstić information content (AvgIpc) is 2.40. The largest absolute Gasteiger partial charge is 0.334 e. The molecular formula is C15H15FN2O. The molecule has 0 heterocycles. The van der Waals surface area contributed by atoms with Crippen molar-refractivity contribution in [3.05, 3.63) is 65.5 Å². The standard InChI is InChI=1S/C15H15FN2O/c1-11-6-2-5-9-14(11)18-15(19)17-10-12-7-3-4-8-13(12)16/h2-9H,10H2,1H3,(H2,17,18,19). The lowest BCUT2D eigenvalue weighted by Gasteiger charge is -2.10. The Hall–Kier alpha value is -2.36. The summed E-state index contributed by atoms with van der Waals surface area (Å²) in [6.07, 6.45) is 0. The number of rotatable bonds is 3. The van der Waals surface area contributed by atoms with Crippen LogP contribution < -0.4 is 10.6 Å². The summed E-state index contributed by atoms with van der Waals surface area (Å²) in [4.78, 5) is 11.7. The van der Waals surface area contributed by atoms with Crippen molar-refractivity contribution in [2.45, 2.75) is 13.5 Å². The molecule has 0 fully saturated rings. The van der Waals surface area contributed by atoms with Gasteiger partial charge in [-0.15, -0.1) is 0 Å². The highest BCUT2D eigenvalue weighted by Crippen LogP contribution is 2.12. The van der Waals surface area contributed by atoms with E-state index in [1.165, 1.54) is 6.07 Å². The summed E-state index contributed by atoms with van der Waals surface area (Å²) in [7, 11) is 0. The van der Waals surface area contributed by atoms with Gasteiger partial charge in [-0.1, -0.05) is 36.4 Å². The summed E-state index contributed by atoms with van der Waals surface area (Å²) >= 11 is 0. The molecule has 0 aliphatic carbocycles. The maximum absolute atomic E-state index is 13.4. The fourth-order valence-electron chi connectivity index (χ4n) is 1.70. The van der Waals surface area contributed by atoms with Gasteiger partial charge in [-0.05, 0) is 24.6 Å². The summed E-state index contributed by atoms with van der Waals surface area (Å²) in [5, 5.41) is 5.35. The molecule has 0 aliphatic heterocycles. The molecule has 2 amide bonds. The molecule has 0 atom stereocenters. The zero-order valence-electron chi connectivity index (χ0n) is 10.6. The lowest BCUT2D eigenvalue weighted by Crippen LogP contribution is -2.28. The number of anilines is 1. The topological polar surface area (TPSA) is 41.1 Å². The first-order valence-corrected chi connectivity index (χ1v) is 6.00. The molecule has 4 heteroatoms. The molecule has 0 radical (unpaired) electrons. The zero-order valence-corrected chi connectivity index (χ0v) is 10.6. The van der Waals surface area contributed by atoms with Crippen molar-refractivity contribution in [1.29, 1.82) is 0 Å². The molecule has 2 aromatic rings. The quantitative estimate of drug-likeness (QED) is 0.869. The van der Waals surface area contributed by atoms with Crippen LogP contribution in [0.4, 0.5) is 14.9 Å². The van der Waals surface area contributed by atoms with E-state index < -0.39 is 0 Å². The van der Waals surface area contributed by atoms with E-state index in [-0.39, 0.29) is 18.4 Å². The second-order valence-corrected chi connectivity index (χ2v) is 4.21. The number of carbonyl (C=O) groups is 1. The van der Waals surface area contributed by atoms with Crippen LogP contribution in [0.5, 0.6) is 0 Å². The van der Waals surface area contributed by atoms with E-state index in [1.54, 1.807) is 18.2 Å². The molecule has 98 valence electrons. The molecular weight excluding hydrogens is 243 g/mol. The number of urea groups is 1. The predicted molar refractivity (Wildman–Crippen MR) is 73.4 cm³/mol. The molecule has 0 saturated heterocycles. The zero-order chi connectivity index (χ0) is 13.7. The van der Waals surface area contributed by atoms with Crippen molar-refractivity contribution in [3.63, 3.8) is 0 Å². The molecule has 0 aliphatic rings. The van der Waals surface area contributed by atoms with E-state index in [1.807, 2.05) is 31.2 Å². The number of hydrogen-bond donors (Lipinski definition) is 2. The summed E-state index contributed by atoms with van der Waals surface area (Å²) in [5.74, 6) is -0.321. The third kappa shape index (κ3) is 3.55. The van der Waals surface area contributed by atoms with Gasteiger partial charge in [0.1, 0.15) is 5.82 Å². The van der Waals surface area contributed by atoms with Crippen LogP contribution in [0.1, 0.15) is 11.1 Å². The molecule has 2 aromatic carbocycles. The fourth-order valence-corrected chi connectivity index (χ4v) is 1.70. The Morgan fingerprint density at radius 3 is 2.53 bits per heavy atom. The highest BCUT2D eigenvalue weighted by Gasteiger charge is 2.05. The van der Waals surface area contributed by atoms with Crippen LogP contribution in [0.15, 0.2) is 48.5 Å². The lowest BCUT2D eigenvalue weighted by atomic mass is 10.2. The molecule has 2 N–H and O–H groups in total. The first-order valence-electron chi connectivity index (χ1n) is 6.00. The fraction of sp³-hybridized carbons (Fsp3) is 0.133. The van der Waals surface area contributed by atoms with Gasteiger partial charge < -0.3 is 10.6 Å². The summed E-state index contributed by atoms with van der Waals surface area (Å²) in [5.41, 5.74) is 2.18. The van der Waals surface area contributed by atoms with Gasteiger partial charge in [-0.2, -0.15) is 0 Å². The highest BCUT2D eigenvalue weighted by molar-refractivity contribution is 5.89. The SMILES string of the molecule is Cc1ccccc1NC(=O)NCc1ccccc1F. The van der Waals surface area contributed by atoms with Gasteiger partial charge in [-0.25, -0.2) is 9.18 Å². The number of aryl methyl sites for hydroxylation is 1. The number of para-hydroxylation sites is 1. The molecule has 0 aromatic heterocycles. The predicted octanol–water partition coefficient (Wildman–Crippen LogP) is 3.46. The highest BCUT2D eigenvalue weighted by atomic mass is 19.1. The molecule has 0 spiro atoms. The van der Waals surface area contributed by atoms with E-state index in [0.717, 1.165) is 11.3 Å². The number of benzene rings is 2. The monoisotopic (exact) mass is 258 g/mol. The Morgan fingerprint density at radius 1 is 1.11 bits per heavy atom. The van der Waals surface area contributed by atoms with Crippen LogP contribution in [0.3, 0.4) is 0 Å². The lowest BCUT2D eigenvalue weighted by molar-refractivity contribution is 0.251. The van der Waals surface area contributed by atoms with Crippen molar-refractivity contribution in [2.24, 2.45) is 0 Å². The molecule has 0 unspecified atom stereocenters. The average molecular weight is 258 g/mol.